The lowest BCUT2D eigenvalue weighted by atomic mass is 9.76. The molecule has 8 saturated heterocycles. The summed E-state index contributed by atoms with van der Waals surface area (Å²) in [5.74, 6) is -4.32. The van der Waals surface area contributed by atoms with Gasteiger partial charge in [-0.2, -0.15) is 0 Å². The molecular weight excluding hydrogens is 783 g/mol. The first-order chi connectivity index (χ1) is 28.8. The summed E-state index contributed by atoms with van der Waals surface area (Å²) in [7, 11) is 0. The summed E-state index contributed by atoms with van der Waals surface area (Å²) in [4.78, 5) is 11.0. The van der Waals surface area contributed by atoms with E-state index in [1.807, 2.05) is 19.1 Å². The van der Waals surface area contributed by atoms with Gasteiger partial charge in [0.05, 0.1) is 42.7 Å². The second kappa shape index (κ2) is 16.3. The van der Waals surface area contributed by atoms with E-state index >= 15 is 0 Å². The molecule has 13 heteroatoms. The van der Waals surface area contributed by atoms with E-state index in [1.165, 1.54) is 0 Å². The van der Waals surface area contributed by atoms with Crippen molar-refractivity contribution in [3.8, 4) is 0 Å². The molecule has 61 heavy (non-hydrogen) atoms. The van der Waals surface area contributed by atoms with Crippen LogP contribution >= 0.6 is 0 Å². The number of carboxylic acids is 1. The molecule has 3 spiro atoms. The number of carbonyl (C=O) groups is 1. The Hall–Kier alpha value is -1.75. The summed E-state index contributed by atoms with van der Waals surface area (Å²) in [6, 6.07) is 0. The first kappa shape index (κ1) is 44.5. The van der Waals surface area contributed by atoms with Gasteiger partial charge in [-0.05, 0) is 68.3 Å². The number of ether oxygens (including phenoxy) is 8. The predicted octanol–water partition coefficient (Wildman–Crippen LogP) is 6.65. The van der Waals surface area contributed by atoms with Gasteiger partial charge in [0.15, 0.2) is 23.1 Å². The molecule has 0 aromatic rings. The van der Waals surface area contributed by atoms with Crippen molar-refractivity contribution in [2.45, 2.75) is 216 Å². The molecule has 4 N–H and O–H groups in total. The smallest absolute Gasteiger partial charge is 0.303 e. The summed E-state index contributed by atoms with van der Waals surface area (Å²) in [6.07, 6.45) is 10.1. The quantitative estimate of drug-likeness (QED) is 0.183. The average molecular weight is 856 g/mol. The zero-order chi connectivity index (χ0) is 43.3. The number of aliphatic carboxylic acids is 1. The molecule has 0 aliphatic carbocycles. The molecule has 9 aliphatic heterocycles. The van der Waals surface area contributed by atoms with Gasteiger partial charge in [0.2, 0.25) is 0 Å². The second-order valence-electron chi connectivity index (χ2n) is 21.5. The van der Waals surface area contributed by atoms with Crippen molar-refractivity contribution in [3.05, 3.63) is 36.0 Å². The Bertz CT molecular complexity index is 1740. The van der Waals surface area contributed by atoms with Gasteiger partial charge in [0.1, 0.15) is 17.9 Å². The SMILES string of the molecule is C=C(C[C@@]12C[C@@H](C)C[C@H](O1)[C@H]1O[C@]3(C[C@H]1O2)NC[C@H](C)C[C@@H]3C)[C@H]1O[C@@](O)([C@H](O)[C@@H]2C[C@H]3O[C@@]4(CC[C@]5(CC(C)=C[C@@H](/C=C/CCC(=O)O)O5)O4)[C@H](C)C[C@H]3O2)[C@H](C)C[C@@H]1C. The molecule has 0 saturated carbocycles. The van der Waals surface area contributed by atoms with Crippen LogP contribution in [0.5, 0.6) is 0 Å². The number of nitrogens with one attached hydrogen (secondary N) is 1. The molecule has 0 aromatic heterocycles. The van der Waals surface area contributed by atoms with E-state index in [0.29, 0.717) is 69.1 Å². The van der Waals surface area contributed by atoms with Crippen molar-refractivity contribution in [2.24, 2.45) is 35.5 Å². The molecule has 13 nitrogen and oxygen atoms in total. The van der Waals surface area contributed by atoms with Gasteiger partial charge in [-0.1, -0.05) is 71.9 Å². The average Bonchev–Trinajstić information content (AvgIpc) is 3.86. The number of aliphatic hydroxyl groups is 2. The number of fused-ring (bicyclic) bond motifs is 5. The molecule has 9 rings (SSSR count). The minimum Gasteiger partial charge on any atom is -0.481 e. The van der Waals surface area contributed by atoms with E-state index in [4.69, 9.17) is 43.0 Å². The molecule has 0 amide bonds. The van der Waals surface area contributed by atoms with Crippen LogP contribution in [0.2, 0.25) is 0 Å². The van der Waals surface area contributed by atoms with E-state index in [2.05, 4.69) is 59.5 Å². The Kier molecular flexibility index (Phi) is 11.9. The standard InChI is InChI=1S/C48H73NO12/c1-26-16-34(11-9-10-12-40(50)51)55-44(21-26)13-14-47(61-44)32(7)19-35-36(58-47)20-38(54-35)43(52)48(53)33(8)18-29(4)41(60-48)30(5)23-45-22-27(2)17-37(56-45)42-39(57-45)24-46(59-42)31(6)15-28(3)25-49-46/h9,11,16,27-29,31-39,41-43,49,52-53H,5,10,12-15,17-25H2,1-4,6-8H3,(H,50,51)/b11-9+/t27-,28+,29-,31-,32+,33+,34+,35+,36+,37-,38-,39+,41-,42+,43+,44+,45-,46-,47+,48+/m0/s1. The van der Waals surface area contributed by atoms with E-state index < -0.39 is 53.2 Å². The van der Waals surface area contributed by atoms with Crippen molar-refractivity contribution in [1.82, 2.24) is 5.32 Å². The molecule has 9 aliphatic rings. The zero-order valence-corrected chi connectivity index (χ0v) is 37.5. The van der Waals surface area contributed by atoms with Gasteiger partial charge in [-0.25, -0.2) is 0 Å². The van der Waals surface area contributed by atoms with Crippen molar-refractivity contribution in [3.63, 3.8) is 0 Å². The molecule has 0 aromatic carbocycles. The third kappa shape index (κ3) is 8.16. The number of allylic oxidation sites excluding steroid dienone is 1. The third-order valence-corrected chi connectivity index (χ3v) is 16.2. The Balaban J connectivity index is 0.850. The fraction of sp³-hybridized carbons (Fsp3) is 0.854. The Morgan fingerprint density at radius 1 is 0.885 bits per heavy atom. The summed E-state index contributed by atoms with van der Waals surface area (Å²) >= 11 is 0. The fourth-order valence-corrected chi connectivity index (χ4v) is 13.2. The van der Waals surface area contributed by atoms with Crippen LogP contribution in [0.4, 0.5) is 0 Å². The molecule has 342 valence electrons. The van der Waals surface area contributed by atoms with Gasteiger partial charge in [-0.3, -0.25) is 10.1 Å². The number of rotatable bonds is 9. The molecule has 2 bridgehead atoms. The van der Waals surface area contributed by atoms with E-state index in [0.717, 1.165) is 43.4 Å². The van der Waals surface area contributed by atoms with Crippen LogP contribution < -0.4 is 5.32 Å². The first-order valence-electron chi connectivity index (χ1n) is 23.6. The Morgan fingerprint density at radius 2 is 1.67 bits per heavy atom. The third-order valence-electron chi connectivity index (χ3n) is 16.2. The Morgan fingerprint density at radius 3 is 2.44 bits per heavy atom. The summed E-state index contributed by atoms with van der Waals surface area (Å²) in [5, 5.41) is 37.4. The van der Waals surface area contributed by atoms with Gasteiger partial charge in [-0.15, -0.1) is 0 Å². The van der Waals surface area contributed by atoms with Crippen LogP contribution in [-0.4, -0.2) is 112 Å². The highest BCUT2D eigenvalue weighted by Crippen LogP contribution is 2.56. The van der Waals surface area contributed by atoms with Crippen LogP contribution in [0.1, 0.15) is 132 Å². The van der Waals surface area contributed by atoms with Crippen molar-refractivity contribution in [1.29, 1.82) is 0 Å². The van der Waals surface area contributed by atoms with Crippen LogP contribution in [-0.2, 0) is 42.7 Å². The van der Waals surface area contributed by atoms with Gasteiger partial charge in [0, 0.05) is 69.7 Å². The maximum Gasteiger partial charge on any atom is 0.303 e. The zero-order valence-electron chi connectivity index (χ0n) is 37.5. The minimum atomic E-state index is -1.88. The largest absolute Gasteiger partial charge is 0.481 e. The van der Waals surface area contributed by atoms with Crippen LogP contribution in [0.25, 0.3) is 0 Å². The first-order valence-corrected chi connectivity index (χ1v) is 23.6. The maximum absolute atomic E-state index is 12.4. The Labute approximate surface area is 362 Å². The van der Waals surface area contributed by atoms with E-state index in [1.54, 1.807) is 0 Å². The molecule has 9 heterocycles. The molecule has 0 radical (unpaired) electrons. The van der Waals surface area contributed by atoms with Crippen LogP contribution in [0.3, 0.4) is 0 Å². The number of piperidine rings is 1. The predicted molar refractivity (Wildman–Crippen MR) is 224 cm³/mol. The lowest BCUT2D eigenvalue weighted by Gasteiger charge is -2.53. The van der Waals surface area contributed by atoms with Crippen LogP contribution in [0.15, 0.2) is 36.0 Å². The second-order valence-corrected chi connectivity index (χ2v) is 21.5. The highest BCUT2D eigenvalue weighted by atomic mass is 16.8. The summed E-state index contributed by atoms with van der Waals surface area (Å²) in [6.45, 7) is 20.6. The summed E-state index contributed by atoms with van der Waals surface area (Å²) in [5.41, 5.74) is 1.54. The van der Waals surface area contributed by atoms with Gasteiger partial charge in [0.25, 0.3) is 0 Å². The molecular formula is C48H73NO12. The van der Waals surface area contributed by atoms with Crippen molar-refractivity contribution >= 4 is 5.97 Å². The van der Waals surface area contributed by atoms with Gasteiger partial charge < -0.3 is 53.2 Å². The highest BCUT2D eigenvalue weighted by molar-refractivity contribution is 5.66. The topological polar surface area (TPSA) is 164 Å². The maximum atomic E-state index is 12.4. The number of hydrogen-bond donors (Lipinski definition) is 4. The lowest BCUT2D eigenvalue weighted by Crippen LogP contribution is -2.62. The van der Waals surface area contributed by atoms with E-state index in [9.17, 15) is 15.0 Å². The molecule has 20 atom stereocenters. The van der Waals surface area contributed by atoms with Crippen LogP contribution in [0, 0.1) is 35.5 Å². The molecule has 0 unspecified atom stereocenters. The van der Waals surface area contributed by atoms with Crippen molar-refractivity contribution in [2.75, 3.05) is 6.54 Å². The van der Waals surface area contributed by atoms with Gasteiger partial charge >= 0.3 is 5.97 Å². The molecule has 8 fully saturated rings. The number of hydrogen-bond acceptors (Lipinski definition) is 12. The number of carboxylic acid groups (broad SMARTS) is 1. The summed E-state index contributed by atoms with van der Waals surface area (Å²) < 4.78 is 54.4. The normalized spacial score (nSPS) is 52.4. The fourth-order valence-electron chi connectivity index (χ4n) is 13.2. The number of aliphatic hydroxyl groups excluding tert-OH is 1. The highest BCUT2D eigenvalue weighted by Gasteiger charge is 2.64. The monoisotopic (exact) mass is 856 g/mol. The minimum absolute atomic E-state index is 0.0155. The lowest BCUT2D eigenvalue weighted by molar-refractivity contribution is -0.367. The van der Waals surface area contributed by atoms with Crippen molar-refractivity contribution < 1.29 is 58.0 Å². The van der Waals surface area contributed by atoms with E-state index in [-0.39, 0.29) is 60.8 Å².